The number of unbranched alkanes of at least 4 members (excludes halogenated alkanes) is 1. The Morgan fingerprint density at radius 1 is 1.17 bits per heavy atom. The van der Waals surface area contributed by atoms with Crippen molar-refractivity contribution in [3.8, 4) is 5.75 Å². The van der Waals surface area contributed by atoms with E-state index in [0.29, 0.717) is 19.4 Å². The SMILES string of the molecule is O=S(=O)(Cl)CCCCOc1ccc2c(c1)CCC2. The summed E-state index contributed by atoms with van der Waals surface area (Å²) < 4.78 is 27.0. The first-order valence-electron chi connectivity index (χ1n) is 6.21. The first kappa shape index (κ1) is 13.7. The van der Waals surface area contributed by atoms with Gasteiger partial charge in [0.15, 0.2) is 0 Å². The van der Waals surface area contributed by atoms with Crippen LogP contribution >= 0.6 is 10.7 Å². The van der Waals surface area contributed by atoms with E-state index < -0.39 is 9.05 Å². The molecule has 18 heavy (non-hydrogen) atoms. The van der Waals surface area contributed by atoms with Crippen molar-refractivity contribution in [2.75, 3.05) is 12.4 Å². The Morgan fingerprint density at radius 3 is 2.72 bits per heavy atom. The third-order valence-corrected chi connectivity index (χ3v) is 4.36. The van der Waals surface area contributed by atoms with Crippen molar-refractivity contribution in [3.63, 3.8) is 0 Å². The summed E-state index contributed by atoms with van der Waals surface area (Å²) in [5.41, 5.74) is 2.81. The summed E-state index contributed by atoms with van der Waals surface area (Å²) in [6.45, 7) is 0.533. The number of halogens is 1. The zero-order valence-corrected chi connectivity index (χ0v) is 11.8. The van der Waals surface area contributed by atoms with Crippen molar-refractivity contribution in [2.24, 2.45) is 0 Å². The highest BCUT2D eigenvalue weighted by molar-refractivity contribution is 8.13. The van der Waals surface area contributed by atoms with Gasteiger partial charge in [0.25, 0.3) is 0 Å². The molecule has 0 saturated carbocycles. The van der Waals surface area contributed by atoms with Gasteiger partial charge in [-0.25, -0.2) is 8.42 Å². The normalized spacial score (nSPS) is 14.5. The first-order chi connectivity index (χ1) is 8.54. The van der Waals surface area contributed by atoms with E-state index in [-0.39, 0.29) is 5.75 Å². The van der Waals surface area contributed by atoms with Crippen molar-refractivity contribution in [1.82, 2.24) is 0 Å². The fraction of sp³-hybridized carbons (Fsp3) is 0.538. The Bertz CT molecular complexity index is 511. The molecule has 2 rings (SSSR count). The van der Waals surface area contributed by atoms with Crippen LogP contribution in [0.4, 0.5) is 0 Å². The molecular formula is C13H17ClO3S. The van der Waals surface area contributed by atoms with E-state index >= 15 is 0 Å². The van der Waals surface area contributed by atoms with Gasteiger partial charge in [-0.15, -0.1) is 0 Å². The second-order valence-corrected chi connectivity index (χ2v) is 7.48. The lowest BCUT2D eigenvalue weighted by Crippen LogP contribution is -2.02. The number of benzene rings is 1. The van der Waals surface area contributed by atoms with E-state index in [9.17, 15) is 8.42 Å². The van der Waals surface area contributed by atoms with E-state index in [1.807, 2.05) is 6.07 Å². The van der Waals surface area contributed by atoms with E-state index in [1.165, 1.54) is 24.0 Å². The Morgan fingerprint density at radius 2 is 1.94 bits per heavy atom. The molecule has 0 N–H and O–H groups in total. The van der Waals surface area contributed by atoms with Gasteiger partial charge in [0.1, 0.15) is 5.75 Å². The molecule has 1 aromatic carbocycles. The molecule has 0 saturated heterocycles. The van der Waals surface area contributed by atoms with Gasteiger partial charge in [0, 0.05) is 10.7 Å². The quantitative estimate of drug-likeness (QED) is 0.597. The van der Waals surface area contributed by atoms with Crippen molar-refractivity contribution in [3.05, 3.63) is 29.3 Å². The van der Waals surface area contributed by atoms with Crippen molar-refractivity contribution in [2.45, 2.75) is 32.1 Å². The minimum absolute atomic E-state index is 0.0160. The van der Waals surface area contributed by atoms with Crippen LogP contribution in [-0.4, -0.2) is 20.8 Å². The Labute approximate surface area is 113 Å². The Balaban J connectivity index is 1.74. The highest BCUT2D eigenvalue weighted by Gasteiger charge is 2.11. The third-order valence-electron chi connectivity index (χ3n) is 3.12. The lowest BCUT2D eigenvalue weighted by Gasteiger charge is -2.07. The summed E-state index contributed by atoms with van der Waals surface area (Å²) in [6, 6.07) is 6.21. The maximum absolute atomic E-state index is 10.7. The molecule has 1 aromatic rings. The van der Waals surface area contributed by atoms with Gasteiger partial charge < -0.3 is 4.74 Å². The summed E-state index contributed by atoms with van der Waals surface area (Å²) in [5.74, 6) is 0.895. The first-order valence-corrected chi connectivity index (χ1v) is 8.69. The minimum atomic E-state index is -3.36. The molecular weight excluding hydrogens is 272 g/mol. The molecule has 0 fully saturated rings. The molecule has 0 atom stereocenters. The van der Waals surface area contributed by atoms with Crippen LogP contribution in [0.1, 0.15) is 30.4 Å². The second kappa shape index (κ2) is 5.93. The molecule has 0 aromatic heterocycles. The number of ether oxygens (including phenoxy) is 1. The van der Waals surface area contributed by atoms with Crippen LogP contribution in [0.15, 0.2) is 18.2 Å². The summed E-state index contributed by atoms with van der Waals surface area (Å²) in [5, 5.41) is 0. The Kier molecular flexibility index (Phi) is 4.51. The van der Waals surface area contributed by atoms with E-state index in [1.54, 1.807) is 0 Å². The third kappa shape index (κ3) is 4.18. The molecule has 3 nitrogen and oxygen atoms in total. The zero-order valence-electron chi connectivity index (χ0n) is 10.2. The minimum Gasteiger partial charge on any atom is -0.494 e. The topological polar surface area (TPSA) is 43.4 Å². The number of hydrogen-bond donors (Lipinski definition) is 0. The number of rotatable bonds is 6. The molecule has 0 bridgehead atoms. The molecule has 0 spiro atoms. The molecule has 0 amide bonds. The van der Waals surface area contributed by atoms with Crippen LogP contribution in [0.25, 0.3) is 0 Å². The van der Waals surface area contributed by atoms with Crippen molar-refractivity contribution >= 4 is 19.7 Å². The molecule has 0 aliphatic heterocycles. The molecule has 1 aliphatic rings. The average molecular weight is 289 g/mol. The highest BCUT2D eigenvalue weighted by atomic mass is 35.7. The fourth-order valence-corrected chi connectivity index (χ4v) is 3.08. The summed E-state index contributed by atoms with van der Waals surface area (Å²) in [7, 11) is 1.76. The number of aryl methyl sites for hydroxylation is 2. The van der Waals surface area contributed by atoms with Crippen LogP contribution in [0.3, 0.4) is 0 Å². The maximum Gasteiger partial charge on any atom is 0.232 e. The molecule has 100 valence electrons. The summed E-state index contributed by atoms with van der Waals surface area (Å²) in [4.78, 5) is 0. The molecule has 5 heteroatoms. The average Bonchev–Trinajstić information content (AvgIpc) is 2.74. The largest absolute Gasteiger partial charge is 0.494 e. The van der Waals surface area contributed by atoms with Gasteiger partial charge in [-0.3, -0.25) is 0 Å². The number of hydrogen-bond acceptors (Lipinski definition) is 3. The van der Waals surface area contributed by atoms with Crippen molar-refractivity contribution in [1.29, 1.82) is 0 Å². The van der Waals surface area contributed by atoms with Gasteiger partial charge in [-0.2, -0.15) is 0 Å². The lowest BCUT2D eigenvalue weighted by molar-refractivity contribution is 0.309. The smallest absolute Gasteiger partial charge is 0.232 e. The standard InChI is InChI=1S/C13H17ClO3S/c14-18(15,16)9-2-1-8-17-13-7-6-11-4-3-5-12(11)10-13/h6-7,10H,1-5,8-9H2. The summed E-state index contributed by atoms with van der Waals surface area (Å²) in [6.07, 6.45) is 4.77. The van der Waals surface area contributed by atoms with Crippen LogP contribution in [-0.2, 0) is 21.9 Å². The predicted molar refractivity (Wildman–Crippen MR) is 72.8 cm³/mol. The predicted octanol–water partition coefficient (Wildman–Crippen LogP) is 2.90. The van der Waals surface area contributed by atoms with Gasteiger partial charge in [-0.1, -0.05) is 6.07 Å². The zero-order chi connectivity index (χ0) is 13.0. The van der Waals surface area contributed by atoms with E-state index in [2.05, 4.69) is 12.1 Å². The van der Waals surface area contributed by atoms with Crippen LogP contribution in [0, 0.1) is 0 Å². The van der Waals surface area contributed by atoms with Gasteiger partial charge >= 0.3 is 0 Å². The Hall–Kier alpha value is -0.740. The molecule has 0 radical (unpaired) electrons. The van der Waals surface area contributed by atoms with Gasteiger partial charge in [-0.05, 0) is 55.4 Å². The van der Waals surface area contributed by atoms with Crippen LogP contribution in [0.2, 0.25) is 0 Å². The summed E-state index contributed by atoms with van der Waals surface area (Å²) >= 11 is 0. The van der Waals surface area contributed by atoms with Crippen LogP contribution < -0.4 is 4.74 Å². The fourth-order valence-electron chi connectivity index (χ4n) is 2.20. The monoisotopic (exact) mass is 288 g/mol. The molecule has 1 aliphatic carbocycles. The second-order valence-electron chi connectivity index (χ2n) is 4.58. The van der Waals surface area contributed by atoms with Crippen LogP contribution in [0.5, 0.6) is 5.75 Å². The van der Waals surface area contributed by atoms with E-state index in [4.69, 9.17) is 15.4 Å². The van der Waals surface area contributed by atoms with E-state index in [0.717, 1.165) is 12.2 Å². The number of fused-ring (bicyclic) bond motifs is 1. The molecule has 0 heterocycles. The van der Waals surface area contributed by atoms with Gasteiger partial charge in [0.2, 0.25) is 9.05 Å². The lowest BCUT2D eigenvalue weighted by atomic mass is 10.1. The highest BCUT2D eigenvalue weighted by Crippen LogP contribution is 2.26. The van der Waals surface area contributed by atoms with Gasteiger partial charge in [0.05, 0.1) is 12.4 Å². The molecule has 0 unspecified atom stereocenters. The van der Waals surface area contributed by atoms with Crippen molar-refractivity contribution < 1.29 is 13.2 Å². The maximum atomic E-state index is 10.7.